The molecule has 0 aromatic heterocycles. The molecule has 11 nitrogen and oxygen atoms in total. The number of hydrogen-bond acceptors (Lipinski definition) is 11. The summed E-state index contributed by atoms with van der Waals surface area (Å²) in [5, 5.41) is 79.6. The summed E-state index contributed by atoms with van der Waals surface area (Å²) in [4.78, 5) is 0. The van der Waals surface area contributed by atoms with Crippen LogP contribution in [-0.4, -0.2) is 122 Å². The van der Waals surface area contributed by atoms with Crippen molar-refractivity contribution >= 4 is 0 Å². The molecule has 0 aromatic rings. The van der Waals surface area contributed by atoms with Crippen molar-refractivity contribution in [3.05, 3.63) is 0 Å². The van der Waals surface area contributed by atoms with Gasteiger partial charge in [-0.15, -0.1) is 0 Å². The fourth-order valence-electron chi connectivity index (χ4n) is 2.86. The van der Waals surface area contributed by atoms with E-state index in [0.29, 0.717) is 0 Å². The normalized spacial score (nSPS) is 50.0. The highest BCUT2D eigenvalue weighted by molar-refractivity contribution is 4.98. The summed E-state index contributed by atoms with van der Waals surface area (Å²) in [5.74, 6) is 0. The fraction of sp³-hybridized carbons (Fsp3) is 1.00. The minimum Gasteiger partial charge on any atom is -0.395 e. The van der Waals surface area contributed by atoms with Crippen LogP contribution in [0.4, 0.5) is 0 Å². The van der Waals surface area contributed by atoms with Gasteiger partial charge >= 0.3 is 0 Å². The first kappa shape index (κ1) is 19.9. The van der Waals surface area contributed by atoms with Crippen molar-refractivity contribution in [3.63, 3.8) is 0 Å². The maximum absolute atomic E-state index is 9.94. The van der Waals surface area contributed by atoms with Crippen molar-refractivity contribution in [1.29, 1.82) is 0 Å². The minimum atomic E-state index is -1.59. The molecule has 11 heteroatoms. The van der Waals surface area contributed by atoms with Gasteiger partial charge in [0.05, 0.1) is 44.1 Å². The Labute approximate surface area is 137 Å². The standard InChI is InChI=1S/C13H25NO10/c15-1-4-7(17)10(20)8(18)5(14-4)3-23-13-12(22)11(21)9(19)6(2-16)24-13/h4-22H,1-3H2/t4-,5-,6-,7-,8+,9-,10+,11+,12-,13-/m1/s1. The fourth-order valence-corrected chi connectivity index (χ4v) is 2.86. The second-order valence-corrected chi connectivity index (χ2v) is 6.06. The molecule has 0 saturated carbocycles. The summed E-state index contributed by atoms with van der Waals surface area (Å²) in [5.41, 5.74) is 0. The Morgan fingerprint density at radius 3 is 1.88 bits per heavy atom. The van der Waals surface area contributed by atoms with Crippen LogP contribution in [0.5, 0.6) is 0 Å². The maximum atomic E-state index is 9.94. The SMILES string of the molecule is OC[C@H]1N[C@H](CO[C@@H]2O[C@H](CO)[C@@H](O)[C@H](O)[C@H]2O)[C@H](O)[C@@H](O)[C@@H]1O. The van der Waals surface area contributed by atoms with E-state index in [1.165, 1.54) is 0 Å². The predicted octanol–water partition coefficient (Wildman–Crippen LogP) is -5.78. The van der Waals surface area contributed by atoms with Gasteiger partial charge in [0.25, 0.3) is 0 Å². The van der Waals surface area contributed by atoms with Crippen LogP contribution in [0.1, 0.15) is 0 Å². The lowest BCUT2D eigenvalue weighted by molar-refractivity contribution is -0.304. The molecule has 2 aliphatic rings. The van der Waals surface area contributed by atoms with Crippen LogP contribution in [0.3, 0.4) is 0 Å². The van der Waals surface area contributed by atoms with Crippen LogP contribution in [0.15, 0.2) is 0 Å². The third-order valence-electron chi connectivity index (χ3n) is 4.44. The van der Waals surface area contributed by atoms with Gasteiger partial charge in [-0.1, -0.05) is 0 Å². The lowest BCUT2D eigenvalue weighted by atomic mass is 9.91. The maximum Gasteiger partial charge on any atom is 0.186 e. The van der Waals surface area contributed by atoms with Gasteiger partial charge in [0, 0.05) is 0 Å². The van der Waals surface area contributed by atoms with Crippen LogP contribution in [0.25, 0.3) is 0 Å². The number of piperidine rings is 1. The third kappa shape index (κ3) is 3.86. The van der Waals surface area contributed by atoms with E-state index in [9.17, 15) is 30.6 Å². The van der Waals surface area contributed by atoms with E-state index < -0.39 is 74.3 Å². The monoisotopic (exact) mass is 355 g/mol. The second-order valence-electron chi connectivity index (χ2n) is 6.06. The van der Waals surface area contributed by atoms with Crippen LogP contribution in [-0.2, 0) is 9.47 Å². The molecular weight excluding hydrogens is 330 g/mol. The van der Waals surface area contributed by atoms with Crippen molar-refractivity contribution in [3.8, 4) is 0 Å². The molecule has 0 amide bonds. The summed E-state index contributed by atoms with van der Waals surface area (Å²) < 4.78 is 10.4. The van der Waals surface area contributed by atoms with Crippen molar-refractivity contribution in [2.24, 2.45) is 0 Å². The highest BCUT2D eigenvalue weighted by atomic mass is 16.7. The van der Waals surface area contributed by atoms with E-state index in [4.69, 9.17) is 19.7 Å². The highest BCUT2D eigenvalue weighted by Gasteiger charge is 2.46. The zero-order valence-electron chi connectivity index (χ0n) is 12.8. The summed E-state index contributed by atoms with van der Waals surface area (Å²) in [6.45, 7) is -1.39. The first-order chi connectivity index (χ1) is 11.3. The Balaban J connectivity index is 1.96. The zero-order valence-corrected chi connectivity index (χ0v) is 12.8. The minimum absolute atomic E-state index is 0.301. The van der Waals surface area contributed by atoms with E-state index in [1.807, 2.05) is 0 Å². The number of rotatable bonds is 5. The molecular formula is C13H25NO10. The topological polar surface area (TPSA) is 192 Å². The van der Waals surface area contributed by atoms with E-state index in [0.717, 1.165) is 0 Å². The molecule has 2 aliphatic heterocycles. The van der Waals surface area contributed by atoms with Gasteiger partial charge in [-0.25, -0.2) is 0 Å². The molecule has 2 heterocycles. The van der Waals surface area contributed by atoms with Gasteiger partial charge in [0.2, 0.25) is 0 Å². The van der Waals surface area contributed by atoms with Crippen LogP contribution < -0.4 is 5.32 Å². The summed E-state index contributed by atoms with van der Waals surface area (Å²) in [6, 6.07) is -1.78. The van der Waals surface area contributed by atoms with E-state index in [1.54, 1.807) is 0 Å². The van der Waals surface area contributed by atoms with Crippen LogP contribution >= 0.6 is 0 Å². The average molecular weight is 355 g/mol. The lowest BCUT2D eigenvalue weighted by Crippen LogP contribution is -2.67. The van der Waals surface area contributed by atoms with Gasteiger partial charge in [-0.2, -0.15) is 0 Å². The molecule has 0 bridgehead atoms. The smallest absolute Gasteiger partial charge is 0.186 e. The number of aliphatic hydroxyl groups is 8. The molecule has 9 N–H and O–H groups in total. The van der Waals surface area contributed by atoms with E-state index >= 15 is 0 Å². The van der Waals surface area contributed by atoms with Crippen molar-refractivity contribution in [2.75, 3.05) is 19.8 Å². The van der Waals surface area contributed by atoms with Gasteiger partial charge < -0.3 is 55.6 Å². The molecule has 142 valence electrons. The number of aliphatic hydroxyl groups excluding tert-OH is 8. The molecule has 0 aliphatic carbocycles. The van der Waals surface area contributed by atoms with Crippen molar-refractivity contribution in [2.45, 2.75) is 61.1 Å². The number of nitrogens with one attached hydrogen (secondary N) is 1. The van der Waals surface area contributed by atoms with Gasteiger partial charge in [0.15, 0.2) is 6.29 Å². The van der Waals surface area contributed by atoms with Gasteiger partial charge in [-0.3, -0.25) is 0 Å². The van der Waals surface area contributed by atoms with Crippen molar-refractivity contribution in [1.82, 2.24) is 5.32 Å². The van der Waals surface area contributed by atoms with Crippen LogP contribution in [0.2, 0.25) is 0 Å². The Morgan fingerprint density at radius 2 is 1.29 bits per heavy atom. The molecule has 24 heavy (non-hydrogen) atoms. The lowest BCUT2D eigenvalue weighted by Gasteiger charge is -2.43. The molecule has 2 saturated heterocycles. The van der Waals surface area contributed by atoms with E-state index in [2.05, 4.69) is 5.32 Å². The molecule has 10 atom stereocenters. The summed E-state index contributed by atoms with van der Waals surface area (Å²) >= 11 is 0. The molecule has 2 fully saturated rings. The van der Waals surface area contributed by atoms with Crippen molar-refractivity contribution < 1.29 is 50.3 Å². The molecule has 0 spiro atoms. The Morgan fingerprint density at radius 1 is 0.708 bits per heavy atom. The molecule has 2 rings (SSSR count). The van der Waals surface area contributed by atoms with Gasteiger partial charge in [0.1, 0.15) is 30.5 Å². The number of ether oxygens (including phenoxy) is 2. The summed E-state index contributed by atoms with van der Waals surface area (Å²) in [6.07, 6.45) is -11.5. The second kappa shape index (κ2) is 8.29. The molecule has 0 radical (unpaired) electrons. The zero-order chi connectivity index (χ0) is 18.0. The van der Waals surface area contributed by atoms with Crippen LogP contribution in [0, 0.1) is 0 Å². The average Bonchev–Trinajstić information content (AvgIpc) is 2.58. The predicted molar refractivity (Wildman–Crippen MR) is 75.5 cm³/mol. The Hall–Kier alpha value is -0.440. The first-order valence-electron chi connectivity index (χ1n) is 7.65. The largest absolute Gasteiger partial charge is 0.395 e. The Bertz CT molecular complexity index is 361. The summed E-state index contributed by atoms with van der Waals surface area (Å²) in [7, 11) is 0. The molecule has 0 unspecified atom stereocenters. The Kier molecular flexibility index (Phi) is 6.87. The highest BCUT2D eigenvalue weighted by Crippen LogP contribution is 2.23. The quantitative estimate of drug-likeness (QED) is 0.228. The van der Waals surface area contributed by atoms with E-state index in [-0.39, 0.29) is 6.61 Å². The molecule has 0 aromatic carbocycles. The van der Waals surface area contributed by atoms with Gasteiger partial charge in [-0.05, 0) is 0 Å². The first-order valence-corrected chi connectivity index (χ1v) is 7.65. The number of hydrogen-bond donors (Lipinski definition) is 9. The third-order valence-corrected chi connectivity index (χ3v) is 4.44.